The molecule has 0 amide bonds. The van der Waals surface area contributed by atoms with E-state index in [1.54, 1.807) is 0 Å². The van der Waals surface area contributed by atoms with E-state index in [0.29, 0.717) is 4.47 Å². The van der Waals surface area contributed by atoms with Gasteiger partial charge in [0.2, 0.25) is 0 Å². The molecule has 1 rings (SSSR count). The van der Waals surface area contributed by atoms with Crippen LogP contribution < -0.4 is 0 Å². The van der Waals surface area contributed by atoms with Gasteiger partial charge >= 0.3 is 0 Å². The molecular formula is C6H3BrF2N4. The Bertz CT molecular complexity index is 362. The summed E-state index contributed by atoms with van der Waals surface area (Å²) >= 11 is 2.99. The highest BCUT2D eigenvalue weighted by molar-refractivity contribution is 9.10. The first kappa shape index (κ1) is 9.88. The van der Waals surface area contributed by atoms with Gasteiger partial charge in [-0.15, -0.1) is 0 Å². The highest BCUT2D eigenvalue weighted by atomic mass is 79.9. The standard InChI is InChI=1S/C6H3BrF2N4/c7-3-1-4(5(8)9)6(11-2-3)12-13-10/h1-2,5H. The SMILES string of the molecule is [N-]=[N+]=Nc1ncc(Br)cc1C(F)F. The molecule has 0 saturated carbocycles. The second-order valence-corrected chi connectivity index (χ2v) is 2.97. The fraction of sp³-hybridized carbons (Fsp3) is 0.167. The van der Waals surface area contributed by atoms with Gasteiger partial charge in [-0.05, 0) is 32.6 Å². The second-order valence-electron chi connectivity index (χ2n) is 2.06. The monoisotopic (exact) mass is 248 g/mol. The summed E-state index contributed by atoms with van der Waals surface area (Å²) in [7, 11) is 0. The lowest BCUT2D eigenvalue weighted by atomic mass is 10.3. The Labute approximate surface area is 80.3 Å². The van der Waals surface area contributed by atoms with Crippen molar-refractivity contribution in [1.29, 1.82) is 0 Å². The molecule has 1 heterocycles. The quantitative estimate of drug-likeness (QED) is 0.447. The van der Waals surface area contributed by atoms with Gasteiger partial charge < -0.3 is 0 Å². The second kappa shape index (κ2) is 4.15. The van der Waals surface area contributed by atoms with Crippen LogP contribution in [0.4, 0.5) is 14.6 Å². The summed E-state index contributed by atoms with van der Waals surface area (Å²) in [6.07, 6.45) is -1.42. The molecule has 1 aromatic rings. The number of azide groups is 1. The number of halogens is 3. The first-order chi connectivity index (χ1) is 6.15. The largest absolute Gasteiger partial charge is 0.265 e. The first-order valence-corrected chi connectivity index (χ1v) is 3.93. The van der Waals surface area contributed by atoms with Crippen molar-refractivity contribution in [3.05, 3.63) is 32.7 Å². The summed E-state index contributed by atoms with van der Waals surface area (Å²) in [6, 6.07) is 1.17. The molecule has 0 unspecified atom stereocenters. The molecule has 0 aliphatic heterocycles. The Hall–Kier alpha value is -1.20. The topological polar surface area (TPSA) is 61.7 Å². The molecule has 68 valence electrons. The van der Waals surface area contributed by atoms with E-state index >= 15 is 0 Å². The zero-order valence-electron chi connectivity index (χ0n) is 6.15. The van der Waals surface area contributed by atoms with Gasteiger partial charge in [0, 0.05) is 21.1 Å². The molecule has 7 heteroatoms. The lowest BCUT2D eigenvalue weighted by Gasteiger charge is -2.02. The predicted molar refractivity (Wildman–Crippen MR) is 45.7 cm³/mol. The Morgan fingerprint density at radius 2 is 2.31 bits per heavy atom. The lowest BCUT2D eigenvalue weighted by molar-refractivity contribution is 0.151. The molecule has 0 spiro atoms. The zero-order chi connectivity index (χ0) is 9.84. The van der Waals surface area contributed by atoms with E-state index < -0.39 is 6.43 Å². The minimum atomic E-state index is -2.70. The van der Waals surface area contributed by atoms with Gasteiger partial charge in [-0.1, -0.05) is 0 Å². The van der Waals surface area contributed by atoms with Crippen molar-refractivity contribution in [1.82, 2.24) is 4.98 Å². The molecule has 0 atom stereocenters. The van der Waals surface area contributed by atoms with E-state index in [9.17, 15) is 8.78 Å². The van der Waals surface area contributed by atoms with Gasteiger partial charge in [0.25, 0.3) is 6.43 Å². The number of nitrogens with zero attached hydrogens (tertiary/aromatic N) is 4. The molecule has 1 aromatic heterocycles. The molecule has 0 radical (unpaired) electrons. The summed E-state index contributed by atoms with van der Waals surface area (Å²) in [5, 5.41) is 3.04. The molecule has 0 N–H and O–H groups in total. The third-order valence-corrected chi connectivity index (χ3v) is 1.67. The van der Waals surface area contributed by atoms with Crippen LogP contribution >= 0.6 is 15.9 Å². The van der Waals surface area contributed by atoms with E-state index in [1.807, 2.05) is 0 Å². The van der Waals surface area contributed by atoms with Crippen LogP contribution in [0.5, 0.6) is 0 Å². The van der Waals surface area contributed by atoms with Crippen LogP contribution in [-0.2, 0) is 0 Å². The van der Waals surface area contributed by atoms with Gasteiger partial charge in [0.15, 0.2) is 0 Å². The van der Waals surface area contributed by atoms with Crippen LogP contribution in [-0.4, -0.2) is 4.98 Å². The summed E-state index contributed by atoms with van der Waals surface area (Å²) in [5.41, 5.74) is 7.67. The van der Waals surface area contributed by atoms with Crippen LogP contribution in [0.25, 0.3) is 10.4 Å². The van der Waals surface area contributed by atoms with E-state index in [-0.39, 0.29) is 11.4 Å². The molecule has 13 heavy (non-hydrogen) atoms. The molecular weight excluding hydrogens is 246 g/mol. The van der Waals surface area contributed by atoms with Crippen molar-refractivity contribution in [2.45, 2.75) is 6.43 Å². The molecule has 0 fully saturated rings. The number of pyridine rings is 1. The van der Waals surface area contributed by atoms with Crippen LogP contribution in [0.1, 0.15) is 12.0 Å². The number of hydrogen-bond donors (Lipinski definition) is 0. The first-order valence-electron chi connectivity index (χ1n) is 3.14. The summed E-state index contributed by atoms with van der Waals surface area (Å²) in [5.74, 6) is -0.291. The van der Waals surface area contributed by atoms with Gasteiger partial charge in [-0.2, -0.15) is 0 Å². The van der Waals surface area contributed by atoms with Crippen molar-refractivity contribution >= 4 is 21.7 Å². The summed E-state index contributed by atoms with van der Waals surface area (Å²) in [6.45, 7) is 0. The maximum Gasteiger partial charge on any atom is 0.265 e. The van der Waals surface area contributed by atoms with Crippen LogP contribution in [0, 0.1) is 0 Å². The summed E-state index contributed by atoms with van der Waals surface area (Å²) < 4.78 is 25.0. The van der Waals surface area contributed by atoms with Gasteiger partial charge in [-0.3, -0.25) is 4.98 Å². The van der Waals surface area contributed by atoms with E-state index in [1.165, 1.54) is 12.3 Å². The van der Waals surface area contributed by atoms with Crippen molar-refractivity contribution in [2.75, 3.05) is 0 Å². The predicted octanol–water partition coefficient (Wildman–Crippen LogP) is 3.72. The van der Waals surface area contributed by atoms with Gasteiger partial charge in [0.1, 0.15) is 5.82 Å². The third kappa shape index (κ3) is 2.37. The van der Waals surface area contributed by atoms with E-state index in [4.69, 9.17) is 5.53 Å². The molecule has 0 aromatic carbocycles. The fourth-order valence-electron chi connectivity index (χ4n) is 0.734. The van der Waals surface area contributed by atoms with Crippen molar-refractivity contribution in [2.24, 2.45) is 5.11 Å². The van der Waals surface area contributed by atoms with Crippen molar-refractivity contribution in [3.8, 4) is 0 Å². The number of alkyl halides is 2. The molecule has 0 saturated heterocycles. The van der Waals surface area contributed by atoms with Gasteiger partial charge in [-0.25, -0.2) is 8.78 Å². The van der Waals surface area contributed by atoms with Crippen LogP contribution in [0.15, 0.2) is 21.9 Å². The average Bonchev–Trinajstić information content (AvgIpc) is 2.08. The molecule has 4 nitrogen and oxygen atoms in total. The van der Waals surface area contributed by atoms with E-state index in [0.717, 1.165) is 0 Å². The van der Waals surface area contributed by atoms with Crippen LogP contribution in [0.2, 0.25) is 0 Å². The number of rotatable bonds is 2. The van der Waals surface area contributed by atoms with Crippen LogP contribution in [0.3, 0.4) is 0 Å². The smallest absolute Gasteiger partial charge is 0.253 e. The summed E-state index contributed by atoms with van der Waals surface area (Å²) in [4.78, 5) is 5.93. The number of aromatic nitrogens is 1. The fourth-order valence-corrected chi connectivity index (χ4v) is 1.08. The maximum atomic E-state index is 12.3. The normalized spacial score (nSPS) is 9.85. The Kier molecular flexibility index (Phi) is 3.16. The van der Waals surface area contributed by atoms with Gasteiger partial charge in [0.05, 0.1) is 0 Å². The zero-order valence-corrected chi connectivity index (χ0v) is 7.74. The highest BCUT2D eigenvalue weighted by Crippen LogP contribution is 2.29. The molecule has 0 bridgehead atoms. The number of hydrogen-bond acceptors (Lipinski definition) is 2. The van der Waals surface area contributed by atoms with Crippen molar-refractivity contribution in [3.63, 3.8) is 0 Å². The maximum absolute atomic E-state index is 12.3. The van der Waals surface area contributed by atoms with E-state index in [2.05, 4.69) is 30.9 Å². The Morgan fingerprint density at radius 1 is 1.62 bits per heavy atom. The molecule has 0 aliphatic carbocycles. The Balaban J connectivity index is 3.26. The highest BCUT2D eigenvalue weighted by Gasteiger charge is 2.13. The minimum absolute atomic E-state index is 0.291. The average molecular weight is 249 g/mol. The third-order valence-electron chi connectivity index (χ3n) is 1.24. The minimum Gasteiger partial charge on any atom is -0.253 e. The molecule has 0 aliphatic rings. The lowest BCUT2D eigenvalue weighted by Crippen LogP contribution is -1.87. The van der Waals surface area contributed by atoms with Crippen molar-refractivity contribution < 1.29 is 8.78 Å². The Morgan fingerprint density at radius 3 is 2.85 bits per heavy atom.